The molecule has 0 aromatic rings. The van der Waals surface area contributed by atoms with Crippen molar-refractivity contribution in [2.45, 2.75) is 48.8 Å². The van der Waals surface area contributed by atoms with E-state index in [1.165, 1.54) is 6.42 Å². The Labute approximate surface area is 121 Å². The highest BCUT2D eigenvalue weighted by Crippen LogP contribution is 2.46. The van der Waals surface area contributed by atoms with Gasteiger partial charge < -0.3 is 10.0 Å². The van der Waals surface area contributed by atoms with E-state index in [-0.39, 0.29) is 16.5 Å². The lowest BCUT2D eigenvalue weighted by atomic mass is 10.1. The zero-order valence-corrected chi connectivity index (χ0v) is 12.4. The first-order chi connectivity index (χ1) is 9.18. The van der Waals surface area contributed by atoms with Gasteiger partial charge in [0.05, 0.1) is 10.6 Å². The van der Waals surface area contributed by atoms with Crippen LogP contribution in [0.2, 0.25) is 0 Å². The van der Waals surface area contributed by atoms with Crippen LogP contribution in [-0.4, -0.2) is 50.1 Å². The van der Waals surface area contributed by atoms with Crippen molar-refractivity contribution in [1.82, 2.24) is 4.90 Å². The zero-order chi connectivity index (χ0) is 13.4. The summed E-state index contributed by atoms with van der Waals surface area (Å²) in [6.07, 6.45) is 5.47. The number of amides is 1. The standard InChI is InChI=1S/C13H19NO3S2/c15-11(10-3-1-2-6-18-10)14-9(13(16)17)7-19-12(14)8-4-5-8/h8-10,12H,1-7H2,(H,16,17). The van der Waals surface area contributed by atoms with Crippen molar-refractivity contribution < 1.29 is 14.7 Å². The van der Waals surface area contributed by atoms with Gasteiger partial charge in [-0.3, -0.25) is 4.79 Å². The van der Waals surface area contributed by atoms with E-state index in [4.69, 9.17) is 0 Å². The van der Waals surface area contributed by atoms with Gasteiger partial charge in [0, 0.05) is 5.75 Å². The van der Waals surface area contributed by atoms with Gasteiger partial charge >= 0.3 is 5.97 Å². The summed E-state index contributed by atoms with van der Waals surface area (Å²) in [7, 11) is 0. The molecular weight excluding hydrogens is 282 g/mol. The maximum absolute atomic E-state index is 12.7. The minimum atomic E-state index is -0.843. The maximum Gasteiger partial charge on any atom is 0.327 e. The molecule has 3 rings (SSSR count). The summed E-state index contributed by atoms with van der Waals surface area (Å²) in [4.78, 5) is 25.8. The fraction of sp³-hybridized carbons (Fsp3) is 0.846. The largest absolute Gasteiger partial charge is 0.480 e. The van der Waals surface area contributed by atoms with Crippen LogP contribution < -0.4 is 0 Å². The number of carbonyl (C=O) groups excluding carboxylic acids is 1. The van der Waals surface area contributed by atoms with Crippen molar-refractivity contribution in [2.75, 3.05) is 11.5 Å². The molecule has 6 heteroatoms. The Kier molecular flexibility index (Phi) is 3.98. The molecule has 2 heterocycles. The van der Waals surface area contributed by atoms with Crippen LogP contribution in [0.3, 0.4) is 0 Å². The average molecular weight is 301 g/mol. The summed E-state index contributed by atoms with van der Waals surface area (Å²) in [5.41, 5.74) is 0. The van der Waals surface area contributed by atoms with E-state index in [0.717, 1.165) is 31.4 Å². The minimum Gasteiger partial charge on any atom is -0.480 e. The number of hydrogen-bond donors (Lipinski definition) is 1. The SMILES string of the molecule is O=C(O)C1CSC(C2CC2)N1C(=O)C1CCCCS1. The van der Waals surface area contributed by atoms with Gasteiger partial charge in [-0.15, -0.1) is 23.5 Å². The fourth-order valence-corrected chi connectivity index (χ4v) is 5.73. The molecule has 3 aliphatic rings. The molecule has 1 amide bonds. The minimum absolute atomic E-state index is 0.00412. The van der Waals surface area contributed by atoms with E-state index in [1.54, 1.807) is 28.4 Å². The van der Waals surface area contributed by atoms with Crippen molar-refractivity contribution in [1.29, 1.82) is 0 Å². The van der Waals surface area contributed by atoms with Crippen molar-refractivity contribution in [3.63, 3.8) is 0 Å². The molecule has 1 aliphatic carbocycles. The number of carbonyl (C=O) groups is 2. The Bertz CT molecular complexity index is 380. The molecule has 3 fully saturated rings. The Balaban J connectivity index is 1.76. The molecule has 19 heavy (non-hydrogen) atoms. The van der Waals surface area contributed by atoms with E-state index >= 15 is 0 Å². The highest BCUT2D eigenvalue weighted by Gasteiger charge is 2.49. The van der Waals surface area contributed by atoms with Gasteiger partial charge in [-0.05, 0) is 37.4 Å². The molecule has 3 unspecified atom stereocenters. The number of thioether (sulfide) groups is 2. The van der Waals surface area contributed by atoms with Gasteiger partial charge in [0.25, 0.3) is 0 Å². The van der Waals surface area contributed by atoms with Crippen LogP contribution in [0.4, 0.5) is 0 Å². The quantitative estimate of drug-likeness (QED) is 0.864. The molecule has 1 N–H and O–H groups in total. The van der Waals surface area contributed by atoms with Gasteiger partial charge in [0.1, 0.15) is 6.04 Å². The Morgan fingerprint density at radius 3 is 2.47 bits per heavy atom. The summed E-state index contributed by atoms with van der Waals surface area (Å²) in [5, 5.41) is 9.45. The molecule has 0 aromatic heterocycles. The first-order valence-corrected chi connectivity index (χ1v) is 9.06. The summed E-state index contributed by atoms with van der Waals surface area (Å²) in [6, 6.07) is -0.606. The van der Waals surface area contributed by atoms with Crippen LogP contribution in [0.5, 0.6) is 0 Å². The lowest BCUT2D eigenvalue weighted by Crippen LogP contribution is -2.50. The molecule has 1 saturated carbocycles. The zero-order valence-electron chi connectivity index (χ0n) is 10.8. The van der Waals surface area contributed by atoms with Crippen LogP contribution >= 0.6 is 23.5 Å². The predicted octanol–water partition coefficient (Wildman–Crippen LogP) is 2.04. The van der Waals surface area contributed by atoms with Crippen LogP contribution in [0.25, 0.3) is 0 Å². The van der Waals surface area contributed by atoms with Crippen LogP contribution in [0.15, 0.2) is 0 Å². The van der Waals surface area contributed by atoms with Gasteiger partial charge in [0.15, 0.2) is 0 Å². The number of carboxylic acid groups (broad SMARTS) is 1. The summed E-state index contributed by atoms with van der Waals surface area (Å²) >= 11 is 3.38. The number of aliphatic carboxylic acids is 1. The summed E-state index contributed by atoms with van der Waals surface area (Å²) < 4.78 is 0. The van der Waals surface area contributed by atoms with E-state index in [0.29, 0.717) is 11.7 Å². The van der Waals surface area contributed by atoms with E-state index in [1.807, 2.05) is 0 Å². The highest BCUT2D eigenvalue weighted by atomic mass is 32.2. The maximum atomic E-state index is 12.7. The lowest BCUT2D eigenvalue weighted by Gasteiger charge is -2.32. The lowest BCUT2D eigenvalue weighted by molar-refractivity contribution is -0.149. The van der Waals surface area contributed by atoms with Crippen LogP contribution in [-0.2, 0) is 9.59 Å². The fourth-order valence-electron chi connectivity index (χ4n) is 2.84. The molecule has 4 nitrogen and oxygen atoms in total. The number of hydrogen-bond acceptors (Lipinski definition) is 4. The molecule has 0 radical (unpaired) electrons. The Hall–Kier alpha value is -0.360. The van der Waals surface area contributed by atoms with Crippen molar-refractivity contribution >= 4 is 35.4 Å². The second-order valence-corrected chi connectivity index (χ2v) is 7.98. The van der Waals surface area contributed by atoms with Gasteiger partial charge in [-0.1, -0.05) is 6.42 Å². The van der Waals surface area contributed by atoms with Gasteiger partial charge in [-0.25, -0.2) is 4.79 Å². The molecular formula is C13H19NO3S2. The Morgan fingerprint density at radius 2 is 1.89 bits per heavy atom. The third-order valence-corrected chi connectivity index (χ3v) is 6.88. The first kappa shape index (κ1) is 13.6. The van der Waals surface area contributed by atoms with Crippen LogP contribution in [0.1, 0.15) is 32.1 Å². The number of nitrogens with zero attached hydrogens (tertiary/aromatic N) is 1. The number of carboxylic acids is 1. The van der Waals surface area contributed by atoms with E-state index in [9.17, 15) is 14.7 Å². The summed E-state index contributed by atoms with van der Waals surface area (Å²) in [5.74, 6) is 1.36. The number of rotatable bonds is 3. The topological polar surface area (TPSA) is 57.6 Å². The van der Waals surface area contributed by atoms with Crippen molar-refractivity contribution in [3.8, 4) is 0 Å². The molecule has 106 valence electrons. The van der Waals surface area contributed by atoms with Gasteiger partial charge in [-0.2, -0.15) is 0 Å². The Morgan fingerprint density at radius 1 is 1.11 bits per heavy atom. The van der Waals surface area contributed by atoms with Gasteiger partial charge in [0.2, 0.25) is 5.91 Å². The smallest absolute Gasteiger partial charge is 0.327 e. The second-order valence-electron chi connectivity index (χ2n) is 5.52. The van der Waals surface area contributed by atoms with Crippen molar-refractivity contribution in [2.24, 2.45) is 5.92 Å². The molecule has 2 aliphatic heterocycles. The van der Waals surface area contributed by atoms with Crippen LogP contribution in [0, 0.1) is 5.92 Å². The average Bonchev–Trinajstić information content (AvgIpc) is 3.17. The normalized spacial score (nSPS) is 35.4. The highest BCUT2D eigenvalue weighted by molar-refractivity contribution is 8.01. The second kappa shape index (κ2) is 5.56. The molecule has 0 aromatic carbocycles. The van der Waals surface area contributed by atoms with E-state index in [2.05, 4.69) is 0 Å². The molecule has 3 atom stereocenters. The molecule has 2 saturated heterocycles. The third kappa shape index (κ3) is 2.75. The predicted molar refractivity (Wildman–Crippen MR) is 77.3 cm³/mol. The monoisotopic (exact) mass is 301 g/mol. The first-order valence-electron chi connectivity index (χ1n) is 6.96. The molecule has 0 bridgehead atoms. The van der Waals surface area contributed by atoms with Crippen molar-refractivity contribution in [3.05, 3.63) is 0 Å². The van der Waals surface area contributed by atoms with E-state index < -0.39 is 12.0 Å². The summed E-state index contributed by atoms with van der Waals surface area (Å²) in [6.45, 7) is 0. The molecule has 0 spiro atoms. The third-order valence-electron chi connectivity index (χ3n) is 4.05.